The van der Waals surface area contributed by atoms with Crippen LogP contribution in [0.25, 0.3) is 0 Å². The molecule has 1 fully saturated rings. The molecule has 0 heterocycles. The van der Waals surface area contributed by atoms with Crippen LogP contribution in [0.2, 0.25) is 0 Å². The van der Waals surface area contributed by atoms with Gasteiger partial charge in [-0.25, -0.2) is 13.1 Å². The molecule has 1 unspecified atom stereocenters. The van der Waals surface area contributed by atoms with Gasteiger partial charge in [0.25, 0.3) is 5.91 Å². The molecule has 4 N–H and O–H groups in total. The Labute approximate surface area is 131 Å². The van der Waals surface area contributed by atoms with Gasteiger partial charge in [0.05, 0.1) is 5.75 Å². The number of carbonyl (C=O) groups excluding carboxylic acids is 1. The maximum Gasteiger partial charge on any atom is 0.251 e. The quantitative estimate of drug-likeness (QED) is 0.651. The third kappa shape index (κ3) is 5.08. The summed E-state index contributed by atoms with van der Waals surface area (Å²) in [6.45, 7) is 2.30. The normalized spacial score (nSPS) is 16.3. The third-order valence-corrected chi connectivity index (χ3v) is 5.16. The van der Waals surface area contributed by atoms with Crippen LogP contribution in [-0.2, 0) is 16.6 Å². The third-order valence-electron chi connectivity index (χ3n) is 3.82. The molecule has 0 aromatic heterocycles. The molecule has 1 aromatic rings. The van der Waals surface area contributed by atoms with Gasteiger partial charge in [0.1, 0.15) is 0 Å². The highest BCUT2D eigenvalue weighted by Crippen LogP contribution is 2.31. The monoisotopic (exact) mass is 325 g/mol. The van der Waals surface area contributed by atoms with Crippen molar-refractivity contribution in [3.8, 4) is 0 Å². The molecule has 0 saturated heterocycles. The molecule has 1 atom stereocenters. The molecule has 6 nitrogen and oxygen atoms in total. The topological polar surface area (TPSA) is 101 Å². The minimum Gasteiger partial charge on any atom is -0.350 e. The number of benzene rings is 1. The standard InChI is InChI=1S/C15H23N3O3S/c1-2-22(20,21)18-9-11-3-5-13(6-4-11)15(19)17-10-14(16)12-7-8-12/h3-6,12,14,18H,2,7-10,16H2,1H3,(H,17,19). The van der Waals surface area contributed by atoms with Gasteiger partial charge in [-0.05, 0) is 43.4 Å². The molecule has 1 amide bonds. The Bertz CT molecular complexity index is 609. The lowest BCUT2D eigenvalue weighted by Crippen LogP contribution is -2.38. The first-order valence-corrected chi connectivity index (χ1v) is 9.16. The lowest BCUT2D eigenvalue weighted by atomic mass is 10.1. The van der Waals surface area contributed by atoms with Crippen molar-refractivity contribution in [2.24, 2.45) is 11.7 Å². The van der Waals surface area contributed by atoms with E-state index in [2.05, 4.69) is 10.0 Å². The molecule has 0 bridgehead atoms. The smallest absolute Gasteiger partial charge is 0.251 e. The summed E-state index contributed by atoms with van der Waals surface area (Å²) < 4.78 is 25.2. The van der Waals surface area contributed by atoms with E-state index in [1.807, 2.05) is 0 Å². The van der Waals surface area contributed by atoms with Crippen molar-refractivity contribution >= 4 is 15.9 Å². The lowest BCUT2D eigenvalue weighted by Gasteiger charge is -2.12. The van der Waals surface area contributed by atoms with E-state index in [4.69, 9.17) is 5.73 Å². The number of amides is 1. The molecular formula is C15H23N3O3S. The zero-order valence-electron chi connectivity index (χ0n) is 12.7. The molecule has 1 aromatic carbocycles. The predicted molar refractivity (Wildman–Crippen MR) is 85.8 cm³/mol. The number of carbonyl (C=O) groups is 1. The molecule has 0 radical (unpaired) electrons. The number of nitrogens with two attached hydrogens (primary N) is 1. The molecule has 2 rings (SSSR count). The summed E-state index contributed by atoms with van der Waals surface area (Å²) in [7, 11) is -3.21. The summed E-state index contributed by atoms with van der Waals surface area (Å²) in [6, 6.07) is 6.90. The maximum atomic E-state index is 12.0. The second kappa shape index (κ2) is 7.21. The minimum atomic E-state index is -3.21. The highest BCUT2D eigenvalue weighted by atomic mass is 32.2. The fourth-order valence-corrected chi connectivity index (χ4v) is 2.66. The minimum absolute atomic E-state index is 0.0340. The van der Waals surface area contributed by atoms with Crippen molar-refractivity contribution in [3.05, 3.63) is 35.4 Å². The summed E-state index contributed by atoms with van der Waals surface area (Å²) in [6.07, 6.45) is 2.30. The van der Waals surface area contributed by atoms with E-state index < -0.39 is 10.0 Å². The summed E-state index contributed by atoms with van der Waals surface area (Å²) in [5, 5.41) is 2.83. The first-order chi connectivity index (χ1) is 10.4. The number of sulfonamides is 1. The average Bonchev–Trinajstić information content (AvgIpc) is 3.36. The van der Waals surface area contributed by atoms with E-state index in [9.17, 15) is 13.2 Å². The van der Waals surface area contributed by atoms with Gasteiger partial charge in [-0.3, -0.25) is 4.79 Å². The lowest BCUT2D eigenvalue weighted by molar-refractivity contribution is 0.0950. The van der Waals surface area contributed by atoms with Crippen molar-refractivity contribution in [2.75, 3.05) is 12.3 Å². The fraction of sp³-hybridized carbons (Fsp3) is 0.533. The molecule has 1 saturated carbocycles. The molecule has 122 valence electrons. The Balaban J connectivity index is 1.83. The molecule has 0 aliphatic heterocycles. The van der Waals surface area contributed by atoms with Crippen molar-refractivity contribution in [2.45, 2.75) is 32.4 Å². The predicted octanol–water partition coefficient (Wildman–Crippen LogP) is 0.593. The van der Waals surface area contributed by atoms with Crippen LogP contribution >= 0.6 is 0 Å². The van der Waals surface area contributed by atoms with Crippen LogP contribution in [0.5, 0.6) is 0 Å². The zero-order valence-corrected chi connectivity index (χ0v) is 13.5. The Morgan fingerprint density at radius 3 is 2.50 bits per heavy atom. The number of hydrogen-bond donors (Lipinski definition) is 3. The fourth-order valence-electron chi connectivity index (χ4n) is 2.07. The van der Waals surface area contributed by atoms with Crippen LogP contribution in [0.15, 0.2) is 24.3 Å². The van der Waals surface area contributed by atoms with Crippen molar-refractivity contribution in [3.63, 3.8) is 0 Å². The van der Waals surface area contributed by atoms with Crippen LogP contribution in [-0.4, -0.2) is 32.7 Å². The number of nitrogens with one attached hydrogen (secondary N) is 2. The second-order valence-electron chi connectivity index (χ2n) is 5.63. The zero-order chi connectivity index (χ0) is 16.2. The van der Waals surface area contributed by atoms with Crippen LogP contribution in [0.3, 0.4) is 0 Å². The van der Waals surface area contributed by atoms with Gasteiger partial charge >= 0.3 is 0 Å². The van der Waals surface area contributed by atoms with Gasteiger partial charge in [0.2, 0.25) is 10.0 Å². The van der Waals surface area contributed by atoms with Crippen LogP contribution in [0, 0.1) is 5.92 Å². The molecule has 0 spiro atoms. The van der Waals surface area contributed by atoms with E-state index >= 15 is 0 Å². The van der Waals surface area contributed by atoms with Crippen LogP contribution in [0.1, 0.15) is 35.7 Å². The van der Waals surface area contributed by atoms with Crippen molar-refractivity contribution < 1.29 is 13.2 Å². The van der Waals surface area contributed by atoms with E-state index in [1.54, 1.807) is 31.2 Å². The second-order valence-corrected chi connectivity index (χ2v) is 7.73. The SMILES string of the molecule is CCS(=O)(=O)NCc1ccc(C(=O)NCC(N)C2CC2)cc1. The molecule has 1 aliphatic carbocycles. The number of hydrogen-bond acceptors (Lipinski definition) is 4. The summed E-state index contributed by atoms with van der Waals surface area (Å²) >= 11 is 0. The van der Waals surface area contributed by atoms with E-state index in [0.717, 1.165) is 18.4 Å². The maximum absolute atomic E-state index is 12.0. The Kier molecular flexibility index (Phi) is 5.55. The van der Waals surface area contributed by atoms with Gasteiger partial charge in [-0.2, -0.15) is 0 Å². The Hall–Kier alpha value is -1.44. The summed E-state index contributed by atoms with van der Waals surface area (Å²) in [5.41, 5.74) is 7.30. The largest absolute Gasteiger partial charge is 0.350 e. The van der Waals surface area contributed by atoms with Gasteiger partial charge in [0.15, 0.2) is 0 Å². The van der Waals surface area contributed by atoms with Gasteiger partial charge < -0.3 is 11.1 Å². The van der Waals surface area contributed by atoms with Gasteiger partial charge in [-0.1, -0.05) is 12.1 Å². The van der Waals surface area contributed by atoms with E-state index in [1.165, 1.54) is 0 Å². The Morgan fingerprint density at radius 1 is 1.32 bits per heavy atom. The van der Waals surface area contributed by atoms with E-state index in [-0.39, 0.29) is 24.2 Å². The highest BCUT2D eigenvalue weighted by molar-refractivity contribution is 7.89. The van der Waals surface area contributed by atoms with Crippen LogP contribution in [0.4, 0.5) is 0 Å². The molecular weight excluding hydrogens is 302 g/mol. The molecule has 7 heteroatoms. The van der Waals surface area contributed by atoms with E-state index in [0.29, 0.717) is 18.0 Å². The molecule has 22 heavy (non-hydrogen) atoms. The van der Waals surface area contributed by atoms with Crippen molar-refractivity contribution in [1.29, 1.82) is 0 Å². The van der Waals surface area contributed by atoms with Crippen molar-refractivity contribution in [1.82, 2.24) is 10.0 Å². The first kappa shape index (κ1) is 16.9. The van der Waals surface area contributed by atoms with Gasteiger partial charge in [0, 0.05) is 24.7 Å². The highest BCUT2D eigenvalue weighted by Gasteiger charge is 2.28. The summed E-state index contributed by atoms with van der Waals surface area (Å²) in [5.74, 6) is 0.445. The first-order valence-electron chi connectivity index (χ1n) is 7.51. The average molecular weight is 325 g/mol. The number of rotatable bonds is 8. The van der Waals surface area contributed by atoms with Crippen LogP contribution < -0.4 is 15.8 Å². The Morgan fingerprint density at radius 2 is 1.95 bits per heavy atom. The molecule has 1 aliphatic rings. The van der Waals surface area contributed by atoms with Gasteiger partial charge in [-0.15, -0.1) is 0 Å². The summed E-state index contributed by atoms with van der Waals surface area (Å²) in [4.78, 5) is 12.0.